The van der Waals surface area contributed by atoms with Crippen molar-refractivity contribution in [3.05, 3.63) is 57.6 Å². The Labute approximate surface area is 191 Å². The Balaban J connectivity index is 1.59. The van der Waals surface area contributed by atoms with E-state index in [4.69, 9.17) is 11.6 Å². The maximum absolute atomic E-state index is 14.0. The Morgan fingerprint density at radius 2 is 1.81 bits per heavy atom. The molecule has 0 aromatic heterocycles. The number of imide groups is 1. The largest absolute Gasteiger partial charge is 0.324 e. The number of fused-ring (bicyclic) bond motifs is 7. The molecular formula is C25H24ClN3O3. The topological polar surface area (TPSA) is 69.7 Å². The molecule has 0 unspecified atom stereocenters. The van der Waals surface area contributed by atoms with E-state index >= 15 is 0 Å². The van der Waals surface area contributed by atoms with Crippen LogP contribution in [0.15, 0.2) is 30.3 Å². The SMILES string of the molecule is Cc1cc(C)c2c(c1)[C@]1(C(=O)N2)[C@@H]2C(=O)N(c3cc(Cl)ccc3C)C(=O)[C@H]2[C@H]2CCCN21. The van der Waals surface area contributed by atoms with Crippen LogP contribution in [0.2, 0.25) is 5.02 Å². The summed E-state index contributed by atoms with van der Waals surface area (Å²) in [5.74, 6) is -2.00. The average Bonchev–Trinajstić information content (AvgIpc) is 3.43. The first-order valence-electron chi connectivity index (χ1n) is 11.1. The van der Waals surface area contributed by atoms with Crippen molar-refractivity contribution in [1.29, 1.82) is 0 Å². The highest BCUT2D eigenvalue weighted by atomic mass is 35.5. The van der Waals surface area contributed by atoms with Crippen LogP contribution in [0.1, 0.15) is 35.1 Å². The molecule has 0 saturated carbocycles. The van der Waals surface area contributed by atoms with Gasteiger partial charge in [0.25, 0.3) is 0 Å². The van der Waals surface area contributed by atoms with Crippen LogP contribution in [0.3, 0.4) is 0 Å². The van der Waals surface area contributed by atoms with Crippen LogP contribution in [-0.2, 0) is 19.9 Å². The van der Waals surface area contributed by atoms with Crippen molar-refractivity contribution in [2.75, 3.05) is 16.8 Å². The zero-order chi connectivity index (χ0) is 22.5. The van der Waals surface area contributed by atoms with Gasteiger partial charge in [0.2, 0.25) is 17.7 Å². The van der Waals surface area contributed by atoms with E-state index in [1.54, 1.807) is 12.1 Å². The number of hydrogen-bond acceptors (Lipinski definition) is 4. The number of halogens is 1. The molecule has 4 aliphatic rings. The lowest BCUT2D eigenvalue weighted by Gasteiger charge is -2.37. The lowest BCUT2D eigenvalue weighted by Crippen LogP contribution is -2.54. The molecule has 4 aliphatic heterocycles. The molecule has 6 rings (SSSR count). The van der Waals surface area contributed by atoms with E-state index in [1.165, 1.54) is 4.90 Å². The van der Waals surface area contributed by atoms with Crippen LogP contribution < -0.4 is 10.2 Å². The van der Waals surface area contributed by atoms with E-state index in [2.05, 4.69) is 10.2 Å². The zero-order valence-corrected chi connectivity index (χ0v) is 19.0. The van der Waals surface area contributed by atoms with Crippen LogP contribution in [0.4, 0.5) is 11.4 Å². The molecule has 32 heavy (non-hydrogen) atoms. The average molecular weight is 450 g/mol. The van der Waals surface area contributed by atoms with Crippen LogP contribution in [0, 0.1) is 32.6 Å². The molecule has 1 N–H and O–H groups in total. The molecule has 3 fully saturated rings. The minimum absolute atomic E-state index is 0.126. The molecule has 164 valence electrons. The monoisotopic (exact) mass is 449 g/mol. The van der Waals surface area contributed by atoms with Gasteiger partial charge >= 0.3 is 0 Å². The van der Waals surface area contributed by atoms with Gasteiger partial charge < -0.3 is 5.32 Å². The lowest BCUT2D eigenvalue weighted by atomic mass is 9.75. The molecule has 7 heteroatoms. The molecule has 0 aliphatic carbocycles. The number of hydrogen-bond donors (Lipinski definition) is 1. The standard InChI is InChI=1S/C25H24ClN3O3/c1-12-9-14(3)21-16(10-12)25(24(32)27-21)20-19(17-5-4-8-28(17)25)22(30)29(23(20)31)18-11-15(26)7-6-13(18)2/h6-7,9-11,17,19-20H,4-5,8H2,1-3H3,(H,27,32)/t17-,19+,20+,25-/m1/s1. The van der Waals surface area contributed by atoms with Gasteiger partial charge in [-0.1, -0.05) is 35.4 Å². The van der Waals surface area contributed by atoms with Crippen LogP contribution in [0.5, 0.6) is 0 Å². The zero-order valence-electron chi connectivity index (χ0n) is 18.2. The van der Waals surface area contributed by atoms with Crippen molar-refractivity contribution in [3.63, 3.8) is 0 Å². The minimum Gasteiger partial charge on any atom is -0.324 e. The van der Waals surface area contributed by atoms with Gasteiger partial charge in [-0.05, 0) is 63.4 Å². The summed E-state index contributed by atoms with van der Waals surface area (Å²) < 4.78 is 0. The molecule has 2 aromatic rings. The summed E-state index contributed by atoms with van der Waals surface area (Å²) >= 11 is 6.22. The van der Waals surface area contributed by atoms with Gasteiger partial charge in [-0.2, -0.15) is 0 Å². The molecule has 4 heterocycles. The van der Waals surface area contributed by atoms with Crippen molar-refractivity contribution >= 4 is 40.7 Å². The highest BCUT2D eigenvalue weighted by molar-refractivity contribution is 6.32. The van der Waals surface area contributed by atoms with Gasteiger partial charge in [0.15, 0.2) is 0 Å². The molecule has 3 amide bonds. The van der Waals surface area contributed by atoms with E-state index in [-0.39, 0.29) is 23.8 Å². The third kappa shape index (κ3) is 2.22. The van der Waals surface area contributed by atoms with Crippen molar-refractivity contribution in [1.82, 2.24) is 4.90 Å². The van der Waals surface area contributed by atoms with Crippen LogP contribution in [0.25, 0.3) is 0 Å². The predicted octanol–water partition coefficient (Wildman–Crippen LogP) is 3.70. The fourth-order valence-electron chi connectivity index (χ4n) is 6.72. The Morgan fingerprint density at radius 1 is 1.03 bits per heavy atom. The Morgan fingerprint density at radius 3 is 2.59 bits per heavy atom. The summed E-state index contributed by atoms with van der Waals surface area (Å²) in [4.78, 5) is 45.0. The second-order valence-corrected chi connectivity index (χ2v) is 10.0. The summed E-state index contributed by atoms with van der Waals surface area (Å²) in [6, 6.07) is 9.16. The minimum atomic E-state index is -1.15. The lowest BCUT2D eigenvalue weighted by molar-refractivity contribution is -0.135. The first-order chi connectivity index (χ1) is 15.3. The molecular weight excluding hydrogens is 426 g/mol. The molecule has 6 nitrogen and oxygen atoms in total. The number of carbonyl (C=O) groups is 3. The van der Waals surface area contributed by atoms with E-state index in [9.17, 15) is 14.4 Å². The van der Waals surface area contributed by atoms with E-state index in [1.807, 2.05) is 39.0 Å². The first-order valence-corrected chi connectivity index (χ1v) is 11.5. The van der Waals surface area contributed by atoms with Gasteiger partial charge in [-0.3, -0.25) is 19.3 Å². The summed E-state index contributed by atoms with van der Waals surface area (Å²) in [5, 5.41) is 3.55. The van der Waals surface area contributed by atoms with Crippen LogP contribution in [-0.4, -0.2) is 35.2 Å². The Kier molecular flexibility index (Phi) is 4.00. The van der Waals surface area contributed by atoms with E-state index < -0.39 is 17.4 Å². The van der Waals surface area contributed by atoms with Crippen molar-refractivity contribution in [2.45, 2.75) is 45.2 Å². The highest BCUT2D eigenvalue weighted by Crippen LogP contribution is 2.61. The number of benzene rings is 2. The smallest absolute Gasteiger partial charge is 0.250 e. The molecule has 3 saturated heterocycles. The van der Waals surface area contributed by atoms with E-state index in [0.29, 0.717) is 17.3 Å². The van der Waals surface area contributed by atoms with Crippen molar-refractivity contribution in [3.8, 4) is 0 Å². The maximum Gasteiger partial charge on any atom is 0.250 e. The fourth-order valence-corrected chi connectivity index (χ4v) is 6.89. The van der Waals surface area contributed by atoms with Gasteiger partial charge in [0, 0.05) is 22.3 Å². The summed E-state index contributed by atoms with van der Waals surface area (Å²) in [5.41, 5.74) is 3.80. The van der Waals surface area contributed by atoms with Gasteiger partial charge in [0.05, 0.1) is 17.5 Å². The van der Waals surface area contributed by atoms with Crippen molar-refractivity contribution in [2.24, 2.45) is 11.8 Å². The number of amides is 3. The highest BCUT2D eigenvalue weighted by Gasteiger charge is 2.74. The predicted molar refractivity (Wildman–Crippen MR) is 122 cm³/mol. The van der Waals surface area contributed by atoms with Crippen LogP contribution >= 0.6 is 11.6 Å². The van der Waals surface area contributed by atoms with Gasteiger partial charge in [-0.25, -0.2) is 4.90 Å². The fraction of sp³-hybridized carbons (Fsp3) is 0.400. The van der Waals surface area contributed by atoms with Gasteiger partial charge in [0.1, 0.15) is 5.54 Å². The number of rotatable bonds is 1. The van der Waals surface area contributed by atoms with Gasteiger partial charge in [-0.15, -0.1) is 0 Å². The summed E-state index contributed by atoms with van der Waals surface area (Å²) in [6.45, 7) is 6.54. The maximum atomic E-state index is 14.0. The third-order valence-corrected chi connectivity index (χ3v) is 8.09. The third-order valence-electron chi connectivity index (χ3n) is 7.86. The Hall–Kier alpha value is -2.70. The quantitative estimate of drug-likeness (QED) is 0.674. The number of nitrogens with zero attached hydrogens (tertiary/aromatic N) is 2. The number of anilines is 2. The second-order valence-electron chi connectivity index (χ2n) is 9.57. The summed E-state index contributed by atoms with van der Waals surface area (Å²) in [7, 11) is 0. The van der Waals surface area contributed by atoms with Crippen molar-refractivity contribution < 1.29 is 14.4 Å². The molecule has 2 aromatic carbocycles. The normalized spacial score (nSPS) is 30.8. The molecule has 0 bridgehead atoms. The first kappa shape index (κ1) is 19.9. The Bertz CT molecular complexity index is 1240. The summed E-state index contributed by atoms with van der Waals surface area (Å²) in [6.07, 6.45) is 1.71. The number of aryl methyl sites for hydroxylation is 3. The molecule has 1 spiro atoms. The molecule has 0 radical (unpaired) electrons. The van der Waals surface area contributed by atoms with E-state index in [0.717, 1.165) is 40.8 Å². The number of carbonyl (C=O) groups excluding carboxylic acids is 3. The second kappa shape index (κ2) is 6.42. The number of nitrogens with one attached hydrogen (secondary N) is 1. The molecule has 4 atom stereocenters.